The predicted octanol–water partition coefficient (Wildman–Crippen LogP) is 4.38. The fraction of sp³-hybridized carbons (Fsp3) is 0.542. The summed E-state index contributed by atoms with van der Waals surface area (Å²) in [5.74, 6) is 2.29. The van der Waals surface area contributed by atoms with Crippen LogP contribution >= 0.6 is 11.3 Å². The Morgan fingerprint density at radius 3 is 2.40 bits per heavy atom. The molecule has 4 saturated carbocycles. The number of carbonyl (C=O) groups is 1. The van der Waals surface area contributed by atoms with Crippen molar-refractivity contribution in [3.63, 3.8) is 0 Å². The summed E-state index contributed by atoms with van der Waals surface area (Å²) in [5.41, 5.74) is 1.46. The first-order valence-electron chi connectivity index (χ1n) is 10.9. The van der Waals surface area contributed by atoms with Gasteiger partial charge in [-0.1, -0.05) is 23.5 Å². The Hall–Kier alpha value is -2.23. The first-order chi connectivity index (χ1) is 14.6. The standard InChI is InChI=1S/C24H27N3O2S/c1-29-7-6-27-15-21(20-4-2-16(14-25)3-5-20)30-23(27)26-22(28)24-11-17-8-18(12-24)10-19(9-17)13-24/h2-5,15,17-19H,6-13H2,1H3/b26-23-. The SMILES string of the molecule is COCCn1cc(-c2ccc(C#N)cc2)s/c1=N\C(=O)C12CC3CC(CC(C3)C1)C2. The largest absolute Gasteiger partial charge is 0.383 e. The minimum Gasteiger partial charge on any atom is -0.383 e. The van der Waals surface area contributed by atoms with Gasteiger partial charge in [0.15, 0.2) is 4.80 Å². The van der Waals surface area contributed by atoms with E-state index in [2.05, 4.69) is 12.3 Å². The van der Waals surface area contributed by atoms with Crippen LogP contribution in [0.1, 0.15) is 44.1 Å². The molecule has 156 valence electrons. The van der Waals surface area contributed by atoms with E-state index in [1.54, 1.807) is 18.4 Å². The first kappa shape index (κ1) is 19.7. The number of aromatic nitrogens is 1. The first-order valence-corrected chi connectivity index (χ1v) is 11.7. The van der Waals surface area contributed by atoms with Crippen molar-refractivity contribution in [2.24, 2.45) is 28.2 Å². The Bertz CT molecular complexity index is 1020. The van der Waals surface area contributed by atoms with Gasteiger partial charge in [-0.2, -0.15) is 10.3 Å². The lowest BCUT2D eigenvalue weighted by atomic mass is 9.49. The molecule has 6 heteroatoms. The number of ether oxygens (including phenoxy) is 1. The molecule has 4 bridgehead atoms. The van der Waals surface area contributed by atoms with Crippen LogP contribution in [0.3, 0.4) is 0 Å². The number of carbonyl (C=O) groups excluding carboxylic acids is 1. The molecule has 0 N–H and O–H groups in total. The van der Waals surface area contributed by atoms with Crippen LogP contribution in [0.25, 0.3) is 10.4 Å². The molecule has 0 spiro atoms. The molecule has 1 aromatic heterocycles. The molecular formula is C24H27N3O2S. The van der Waals surface area contributed by atoms with Crippen LogP contribution in [0.2, 0.25) is 0 Å². The van der Waals surface area contributed by atoms with Crippen LogP contribution in [0, 0.1) is 34.5 Å². The summed E-state index contributed by atoms with van der Waals surface area (Å²) < 4.78 is 7.31. The van der Waals surface area contributed by atoms with E-state index in [1.807, 2.05) is 28.8 Å². The van der Waals surface area contributed by atoms with Gasteiger partial charge in [-0.05, 0) is 74.0 Å². The van der Waals surface area contributed by atoms with Gasteiger partial charge < -0.3 is 9.30 Å². The molecule has 0 atom stereocenters. The number of nitrogens with zero attached hydrogens (tertiary/aromatic N) is 3. The molecule has 6 rings (SSSR count). The Kier molecular flexibility index (Phi) is 5.12. The van der Waals surface area contributed by atoms with E-state index in [4.69, 9.17) is 15.0 Å². The van der Waals surface area contributed by atoms with Gasteiger partial charge in [-0.25, -0.2) is 0 Å². The van der Waals surface area contributed by atoms with Gasteiger partial charge in [-0.3, -0.25) is 4.79 Å². The zero-order chi connectivity index (χ0) is 20.7. The number of nitriles is 1. The fourth-order valence-corrected chi connectivity index (χ4v) is 7.26. The normalized spacial score (nSPS) is 29.9. The average molecular weight is 422 g/mol. The summed E-state index contributed by atoms with van der Waals surface area (Å²) in [5, 5.41) is 9.04. The molecule has 0 saturated heterocycles. The molecule has 4 aliphatic rings. The highest BCUT2D eigenvalue weighted by Crippen LogP contribution is 2.60. The number of thiazole rings is 1. The van der Waals surface area contributed by atoms with E-state index in [1.165, 1.54) is 19.3 Å². The maximum absolute atomic E-state index is 13.5. The minimum absolute atomic E-state index is 0.0981. The van der Waals surface area contributed by atoms with Crippen molar-refractivity contribution in [1.29, 1.82) is 5.26 Å². The molecule has 4 aliphatic carbocycles. The maximum atomic E-state index is 13.5. The average Bonchev–Trinajstić information content (AvgIpc) is 3.14. The Morgan fingerprint density at radius 1 is 1.20 bits per heavy atom. The predicted molar refractivity (Wildman–Crippen MR) is 116 cm³/mol. The number of methoxy groups -OCH3 is 1. The fourth-order valence-electron chi connectivity index (χ4n) is 6.24. The molecule has 0 radical (unpaired) electrons. The van der Waals surface area contributed by atoms with E-state index in [0.717, 1.165) is 52.3 Å². The number of amides is 1. The highest BCUT2D eigenvalue weighted by atomic mass is 32.1. The molecule has 5 nitrogen and oxygen atoms in total. The van der Waals surface area contributed by atoms with Gasteiger partial charge in [0.05, 0.1) is 28.5 Å². The number of hydrogen-bond donors (Lipinski definition) is 0. The number of rotatable bonds is 5. The van der Waals surface area contributed by atoms with Crippen molar-refractivity contribution in [3.8, 4) is 16.5 Å². The molecule has 0 aliphatic heterocycles. The van der Waals surface area contributed by atoms with Crippen LogP contribution in [0.4, 0.5) is 0 Å². The second kappa shape index (κ2) is 7.79. The van der Waals surface area contributed by atoms with Crippen LogP contribution in [-0.4, -0.2) is 24.2 Å². The van der Waals surface area contributed by atoms with Gasteiger partial charge in [-0.15, -0.1) is 0 Å². The highest BCUT2D eigenvalue weighted by Gasteiger charge is 2.54. The molecule has 1 amide bonds. The van der Waals surface area contributed by atoms with E-state index in [9.17, 15) is 4.79 Å². The molecular weight excluding hydrogens is 394 g/mol. The van der Waals surface area contributed by atoms with Crippen molar-refractivity contribution in [2.75, 3.05) is 13.7 Å². The molecule has 2 aromatic rings. The summed E-state index contributed by atoms with van der Waals surface area (Å²) >= 11 is 1.55. The third-order valence-corrected chi connectivity index (χ3v) is 8.31. The third-order valence-electron chi connectivity index (χ3n) is 7.24. The number of hydrogen-bond acceptors (Lipinski definition) is 4. The lowest BCUT2D eigenvalue weighted by Gasteiger charge is -2.55. The van der Waals surface area contributed by atoms with Crippen molar-refractivity contribution in [1.82, 2.24) is 4.57 Å². The number of benzene rings is 1. The summed E-state index contributed by atoms with van der Waals surface area (Å²) in [6, 6.07) is 9.72. The quantitative estimate of drug-likeness (QED) is 0.720. The highest BCUT2D eigenvalue weighted by molar-refractivity contribution is 7.12. The van der Waals surface area contributed by atoms with Crippen molar-refractivity contribution >= 4 is 17.2 Å². The topological polar surface area (TPSA) is 67.4 Å². The van der Waals surface area contributed by atoms with Gasteiger partial charge in [0.2, 0.25) is 0 Å². The molecule has 0 unspecified atom stereocenters. The zero-order valence-electron chi connectivity index (χ0n) is 17.3. The Labute approximate surface area is 181 Å². The lowest BCUT2D eigenvalue weighted by Crippen LogP contribution is -2.49. The second-order valence-corrected chi connectivity index (χ2v) is 10.4. The van der Waals surface area contributed by atoms with Crippen molar-refractivity contribution in [2.45, 2.75) is 45.1 Å². The van der Waals surface area contributed by atoms with Gasteiger partial charge in [0.1, 0.15) is 0 Å². The van der Waals surface area contributed by atoms with Crippen molar-refractivity contribution in [3.05, 3.63) is 40.8 Å². The van der Waals surface area contributed by atoms with E-state index in [-0.39, 0.29) is 11.3 Å². The van der Waals surface area contributed by atoms with Gasteiger partial charge in [0, 0.05) is 19.9 Å². The molecule has 4 fully saturated rings. The van der Waals surface area contributed by atoms with Crippen molar-refractivity contribution < 1.29 is 9.53 Å². The van der Waals surface area contributed by atoms with Crippen LogP contribution in [0.5, 0.6) is 0 Å². The summed E-state index contributed by atoms with van der Waals surface area (Å²) in [7, 11) is 1.69. The molecule has 30 heavy (non-hydrogen) atoms. The zero-order valence-corrected chi connectivity index (χ0v) is 18.2. The van der Waals surface area contributed by atoms with Gasteiger partial charge in [0.25, 0.3) is 5.91 Å². The Morgan fingerprint density at radius 2 is 1.83 bits per heavy atom. The summed E-state index contributed by atoms with van der Waals surface area (Å²) in [4.78, 5) is 20.0. The lowest BCUT2D eigenvalue weighted by molar-refractivity contribution is -0.142. The van der Waals surface area contributed by atoms with Crippen LogP contribution in [0.15, 0.2) is 35.5 Å². The van der Waals surface area contributed by atoms with E-state index < -0.39 is 0 Å². The maximum Gasteiger partial charge on any atom is 0.254 e. The van der Waals surface area contributed by atoms with Crippen LogP contribution < -0.4 is 4.80 Å². The molecule has 1 heterocycles. The van der Waals surface area contributed by atoms with Gasteiger partial charge >= 0.3 is 0 Å². The van der Waals surface area contributed by atoms with Crippen LogP contribution in [-0.2, 0) is 16.1 Å². The minimum atomic E-state index is -0.216. The smallest absolute Gasteiger partial charge is 0.254 e. The van der Waals surface area contributed by atoms with E-state index >= 15 is 0 Å². The molecule has 1 aromatic carbocycles. The Balaban J connectivity index is 1.49. The summed E-state index contributed by atoms with van der Waals surface area (Å²) in [6.45, 7) is 1.23. The summed E-state index contributed by atoms with van der Waals surface area (Å²) in [6.07, 6.45) is 9.12. The second-order valence-electron chi connectivity index (χ2n) is 9.37. The third kappa shape index (κ3) is 3.55. The monoisotopic (exact) mass is 421 g/mol. The van der Waals surface area contributed by atoms with E-state index in [0.29, 0.717) is 18.7 Å².